The smallest absolute Gasteiger partial charge is 0.0593 e. The van der Waals surface area contributed by atoms with Crippen LogP contribution in [0.5, 0.6) is 0 Å². The largest absolute Gasteiger partial charge is 0.380 e. The summed E-state index contributed by atoms with van der Waals surface area (Å²) in [6.45, 7) is 12.8. The van der Waals surface area contributed by atoms with Gasteiger partial charge in [0.2, 0.25) is 0 Å². The zero-order chi connectivity index (χ0) is 15.1. The first-order chi connectivity index (χ1) is 10.2. The molecule has 1 saturated heterocycles. The molecule has 1 atom stereocenters. The molecule has 3 heteroatoms. The van der Waals surface area contributed by atoms with Gasteiger partial charge in [-0.25, -0.2) is 0 Å². The lowest BCUT2D eigenvalue weighted by Crippen LogP contribution is -2.37. The van der Waals surface area contributed by atoms with Crippen molar-refractivity contribution in [1.82, 2.24) is 10.2 Å². The van der Waals surface area contributed by atoms with E-state index in [1.807, 2.05) is 0 Å². The molecule has 0 aliphatic carbocycles. The average molecular weight is 290 g/mol. The maximum absolute atomic E-state index is 5.57. The van der Waals surface area contributed by atoms with Gasteiger partial charge in [0, 0.05) is 32.3 Å². The lowest BCUT2D eigenvalue weighted by atomic mass is 9.98. The van der Waals surface area contributed by atoms with Crippen LogP contribution in [-0.2, 0) is 4.74 Å². The topological polar surface area (TPSA) is 24.5 Å². The summed E-state index contributed by atoms with van der Waals surface area (Å²) in [5.74, 6) is 0. The Bertz CT molecular complexity index is 425. The van der Waals surface area contributed by atoms with Crippen LogP contribution in [0.3, 0.4) is 0 Å². The van der Waals surface area contributed by atoms with Crippen LogP contribution in [0.15, 0.2) is 18.2 Å². The van der Waals surface area contributed by atoms with Gasteiger partial charge in [0.05, 0.1) is 6.61 Å². The van der Waals surface area contributed by atoms with Gasteiger partial charge in [-0.15, -0.1) is 0 Å². The lowest BCUT2D eigenvalue weighted by Gasteiger charge is -2.28. The Morgan fingerprint density at radius 2 is 2.10 bits per heavy atom. The normalized spacial score (nSPS) is 18.4. The molecule has 1 aromatic rings. The predicted molar refractivity (Wildman–Crippen MR) is 88.8 cm³/mol. The molecule has 0 spiro atoms. The molecule has 0 radical (unpaired) electrons. The minimum atomic E-state index is 0.419. The van der Waals surface area contributed by atoms with E-state index >= 15 is 0 Å². The molecule has 0 bridgehead atoms. The third-order valence-corrected chi connectivity index (χ3v) is 4.21. The van der Waals surface area contributed by atoms with E-state index in [0.717, 1.165) is 45.8 Å². The van der Waals surface area contributed by atoms with Crippen molar-refractivity contribution in [1.29, 1.82) is 0 Å². The van der Waals surface area contributed by atoms with Crippen molar-refractivity contribution in [2.45, 2.75) is 39.7 Å². The summed E-state index contributed by atoms with van der Waals surface area (Å²) in [5, 5.41) is 3.74. The average Bonchev–Trinajstić information content (AvgIpc) is 2.75. The maximum Gasteiger partial charge on any atom is 0.0593 e. The second-order valence-corrected chi connectivity index (χ2v) is 6.13. The summed E-state index contributed by atoms with van der Waals surface area (Å²) in [4.78, 5) is 2.54. The third-order valence-electron chi connectivity index (χ3n) is 4.21. The van der Waals surface area contributed by atoms with Crippen LogP contribution >= 0.6 is 0 Å². The number of ether oxygens (including phenoxy) is 1. The van der Waals surface area contributed by atoms with E-state index in [4.69, 9.17) is 4.74 Å². The first-order valence-corrected chi connectivity index (χ1v) is 8.31. The van der Waals surface area contributed by atoms with Gasteiger partial charge in [-0.3, -0.25) is 4.90 Å². The molecule has 0 amide bonds. The summed E-state index contributed by atoms with van der Waals surface area (Å²) in [6, 6.07) is 7.21. The molecular formula is C18H30N2O. The van der Waals surface area contributed by atoms with Crippen LogP contribution in [0.25, 0.3) is 0 Å². The standard InChI is InChI=1S/C18H30N2O/c1-4-8-19-18(14-20-9-5-11-21-12-10-20)17-13-15(2)6-7-16(17)3/h6-7,13,18-19H,4-5,8-12,14H2,1-3H3. The predicted octanol–water partition coefficient (Wildman–Crippen LogP) is 3.07. The molecule has 1 fully saturated rings. The Balaban J connectivity index is 2.10. The van der Waals surface area contributed by atoms with Crippen LogP contribution in [0, 0.1) is 13.8 Å². The Morgan fingerprint density at radius 1 is 1.24 bits per heavy atom. The van der Waals surface area contributed by atoms with Crippen LogP contribution in [0.1, 0.15) is 42.5 Å². The van der Waals surface area contributed by atoms with Gasteiger partial charge in [-0.2, -0.15) is 0 Å². The summed E-state index contributed by atoms with van der Waals surface area (Å²) >= 11 is 0. The Kier molecular flexibility index (Phi) is 6.68. The number of benzene rings is 1. The van der Waals surface area contributed by atoms with Crippen LogP contribution in [0.4, 0.5) is 0 Å². The number of rotatable bonds is 6. The number of aryl methyl sites for hydroxylation is 2. The molecule has 1 aliphatic heterocycles. The van der Waals surface area contributed by atoms with Crippen LogP contribution < -0.4 is 5.32 Å². The van der Waals surface area contributed by atoms with Gasteiger partial charge in [-0.05, 0) is 44.4 Å². The van der Waals surface area contributed by atoms with Gasteiger partial charge in [0.1, 0.15) is 0 Å². The number of nitrogens with one attached hydrogen (secondary N) is 1. The van der Waals surface area contributed by atoms with Crippen LogP contribution in [-0.4, -0.2) is 44.3 Å². The van der Waals surface area contributed by atoms with Crippen molar-refractivity contribution >= 4 is 0 Å². The molecule has 0 saturated carbocycles. The highest BCUT2D eigenvalue weighted by Gasteiger charge is 2.18. The molecule has 3 nitrogen and oxygen atoms in total. The number of hydrogen-bond acceptors (Lipinski definition) is 3. The van der Waals surface area contributed by atoms with Crippen LogP contribution in [0.2, 0.25) is 0 Å². The van der Waals surface area contributed by atoms with E-state index in [0.29, 0.717) is 6.04 Å². The van der Waals surface area contributed by atoms with Gasteiger partial charge in [-0.1, -0.05) is 30.7 Å². The molecule has 2 rings (SSSR count). The first-order valence-electron chi connectivity index (χ1n) is 8.31. The molecule has 1 unspecified atom stereocenters. The summed E-state index contributed by atoms with van der Waals surface area (Å²) in [5.41, 5.74) is 4.19. The quantitative estimate of drug-likeness (QED) is 0.871. The monoisotopic (exact) mass is 290 g/mol. The Morgan fingerprint density at radius 3 is 2.90 bits per heavy atom. The molecule has 1 heterocycles. The van der Waals surface area contributed by atoms with Crippen molar-refractivity contribution in [3.05, 3.63) is 34.9 Å². The Labute approximate surface area is 129 Å². The Hall–Kier alpha value is -0.900. The highest BCUT2D eigenvalue weighted by Crippen LogP contribution is 2.21. The molecule has 0 aromatic heterocycles. The van der Waals surface area contributed by atoms with E-state index in [9.17, 15) is 0 Å². The van der Waals surface area contributed by atoms with Crippen molar-refractivity contribution in [2.24, 2.45) is 0 Å². The molecule has 1 N–H and O–H groups in total. The first kappa shape index (κ1) is 16.5. The molecule has 118 valence electrons. The van der Waals surface area contributed by atoms with E-state index in [1.165, 1.54) is 23.1 Å². The molecule has 21 heavy (non-hydrogen) atoms. The lowest BCUT2D eigenvalue weighted by molar-refractivity contribution is 0.139. The van der Waals surface area contributed by atoms with Crippen molar-refractivity contribution in [2.75, 3.05) is 39.4 Å². The highest BCUT2D eigenvalue weighted by atomic mass is 16.5. The fraction of sp³-hybridized carbons (Fsp3) is 0.667. The van der Waals surface area contributed by atoms with Gasteiger partial charge in [0.25, 0.3) is 0 Å². The van der Waals surface area contributed by atoms with Crippen molar-refractivity contribution in [3.63, 3.8) is 0 Å². The van der Waals surface area contributed by atoms with Gasteiger partial charge in [0.15, 0.2) is 0 Å². The fourth-order valence-corrected chi connectivity index (χ4v) is 2.97. The zero-order valence-electron chi connectivity index (χ0n) is 13.8. The zero-order valence-corrected chi connectivity index (χ0v) is 13.8. The fourth-order valence-electron chi connectivity index (χ4n) is 2.97. The second kappa shape index (κ2) is 8.52. The number of nitrogens with zero attached hydrogens (tertiary/aromatic N) is 1. The van der Waals surface area contributed by atoms with Crippen molar-refractivity contribution < 1.29 is 4.74 Å². The van der Waals surface area contributed by atoms with E-state index < -0.39 is 0 Å². The number of hydrogen-bond donors (Lipinski definition) is 1. The van der Waals surface area contributed by atoms with E-state index in [-0.39, 0.29) is 0 Å². The SMILES string of the molecule is CCCNC(CN1CCCOCC1)c1cc(C)ccc1C. The van der Waals surface area contributed by atoms with E-state index in [1.54, 1.807) is 0 Å². The summed E-state index contributed by atoms with van der Waals surface area (Å²) < 4.78 is 5.57. The molecular weight excluding hydrogens is 260 g/mol. The minimum Gasteiger partial charge on any atom is -0.380 e. The molecule has 1 aromatic carbocycles. The molecule has 1 aliphatic rings. The summed E-state index contributed by atoms with van der Waals surface area (Å²) in [6.07, 6.45) is 2.32. The van der Waals surface area contributed by atoms with E-state index in [2.05, 4.69) is 49.2 Å². The maximum atomic E-state index is 5.57. The summed E-state index contributed by atoms with van der Waals surface area (Å²) in [7, 11) is 0. The van der Waals surface area contributed by atoms with Gasteiger partial charge >= 0.3 is 0 Å². The van der Waals surface area contributed by atoms with Gasteiger partial charge < -0.3 is 10.1 Å². The third kappa shape index (κ3) is 5.10. The second-order valence-electron chi connectivity index (χ2n) is 6.13. The minimum absolute atomic E-state index is 0.419. The van der Waals surface area contributed by atoms with Crippen molar-refractivity contribution in [3.8, 4) is 0 Å². The highest BCUT2D eigenvalue weighted by molar-refractivity contribution is 5.33.